The lowest BCUT2D eigenvalue weighted by molar-refractivity contribution is -0.114. The van der Waals surface area contributed by atoms with Crippen molar-refractivity contribution in [3.63, 3.8) is 0 Å². The average Bonchev–Trinajstić information content (AvgIpc) is 3.10. The van der Waals surface area contributed by atoms with Crippen LogP contribution < -0.4 is 5.32 Å². The zero-order valence-electron chi connectivity index (χ0n) is 12.5. The van der Waals surface area contributed by atoms with Gasteiger partial charge in [0.25, 0.3) is 0 Å². The van der Waals surface area contributed by atoms with E-state index in [0.717, 1.165) is 26.1 Å². The highest BCUT2D eigenvalue weighted by molar-refractivity contribution is 7.15. The smallest absolute Gasteiger partial charge is 0.223 e. The van der Waals surface area contributed by atoms with Crippen LogP contribution in [0.4, 0.5) is 5.13 Å². The number of likely N-dealkylation sites (tertiary alicyclic amines) is 1. The van der Waals surface area contributed by atoms with Crippen LogP contribution in [0.2, 0.25) is 0 Å². The van der Waals surface area contributed by atoms with Crippen molar-refractivity contribution in [2.45, 2.75) is 26.3 Å². The van der Waals surface area contributed by atoms with Crippen LogP contribution in [-0.2, 0) is 17.8 Å². The molecule has 7 heteroatoms. The Hall–Kier alpha value is -1.86. The fraction of sp³-hybridized carbons (Fsp3) is 0.467. The van der Waals surface area contributed by atoms with Crippen molar-refractivity contribution >= 4 is 22.4 Å². The molecule has 3 heterocycles. The number of carbonyl (C=O) groups is 1. The van der Waals surface area contributed by atoms with E-state index < -0.39 is 0 Å². The molecule has 116 valence electrons. The largest absolute Gasteiger partial charge is 0.302 e. The zero-order chi connectivity index (χ0) is 15.4. The molecule has 1 saturated heterocycles. The molecule has 1 fully saturated rings. The van der Waals surface area contributed by atoms with E-state index in [1.807, 2.05) is 18.6 Å². The summed E-state index contributed by atoms with van der Waals surface area (Å²) in [5, 5.41) is 3.41. The van der Waals surface area contributed by atoms with Gasteiger partial charge in [0, 0.05) is 43.5 Å². The second-order valence-corrected chi connectivity index (χ2v) is 6.77. The Morgan fingerprint density at radius 3 is 3.00 bits per heavy atom. The van der Waals surface area contributed by atoms with E-state index in [1.165, 1.54) is 23.8 Å². The van der Waals surface area contributed by atoms with Crippen molar-refractivity contribution in [3.05, 3.63) is 35.4 Å². The number of carbonyl (C=O) groups excluding carboxylic acids is 1. The monoisotopic (exact) mass is 317 g/mol. The quantitative estimate of drug-likeness (QED) is 0.913. The summed E-state index contributed by atoms with van der Waals surface area (Å²) in [6.07, 6.45) is 9.47. The minimum atomic E-state index is -0.0767. The Labute approximate surface area is 133 Å². The molecule has 1 N–H and O–H groups in total. The Balaban J connectivity index is 1.50. The van der Waals surface area contributed by atoms with E-state index in [4.69, 9.17) is 0 Å². The number of rotatable bonds is 5. The molecule has 0 aliphatic carbocycles. The minimum Gasteiger partial charge on any atom is -0.302 e. The van der Waals surface area contributed by atoms with E-state index in [9.17, 15) is 4.79 Å². The SMILES string of the molecule is CC(=O)Nc1ncc(CN2CCC(Cc3cncnc3)C2)s1. The molecule has 0 aromatic carbocycles. The summed E-state index contributed by atoms with van der Waals surface area (Å²) in [6.45, 7) is 4.59. The van der Waals surface area contributed by atoms with Crippen LogP contribution in [0.3, 0.4) is 0 Å². The van der Waals surface area contributed by atoms with Gasteiger partial charge in [0.2, 0.25) is 5.91 Å². The summed E-state index contributed by atoms with van der Waals surface area (Å²) in [4.78, 5) is 27.0. The summed E-state index contributed by atoms with van der Waals surface area (Å²) < 4.78 is 0. The fourth-order valence-corrected chi connectivity index (χ4v) is 3.70. The van der Waals surface area contributed by atoms with Crippen LogP contribution in [0.5, 0.6) is 0 Å². The molecule has 2 aromatic rings. The highest BCUT2D eigenvalue weighted by atomic mass is 32.1. The lowest BCUT2D eigenvalue weighted by Crippen LogP contribution is -2.20. The normalized spacial score (nSPS) is 18.5. The van der Waals surface area contributed by atoms with Gasteiger partial charge in [-0.15, -0.1) is 11.3 Å². The van der Waals surface area contributed by atoms with Crippen molar-refractivity contribution in [2.75, 3.05) is 18.4 Å². The summed E-state index contributed by atoms with van der Waals surface area (Å²) in [7, 11) is 0. The third kappa shape index (κ3) is 4.08. The first-order chi connectivity index (χ1) is 10.7. The summed E-state index contributed by atoms with van der Waals surface area (Å²) in [6, 6.07) is 0. The molecule has 0 spiro atoms. The maximum atomic E-state index is 11.0. The van der Waals surface area contributed by atoms with E-state index >= 15 is 0 Å². The lowest BCUT2D eigenvalue weighted by Gasteiger charge is -2.14. The maximum absolute atomic E-state index is 11.0. The first-order valence-electron chi connectivity index (χ1n) is 7.37. The number of anilines is 1. The second-order valence-electron chi connectivity index (χ2n) is 5.65. The van der Waals surface area contributed by atoms with Crippen molar-refractivity contribution in [1.82, 2.24) is 19.9 Å². The first kappa shape index (κ1) is 15.1. The van der Waals surface area contributed by atoms with Gasteiger partial charge < -0.3 is 5.32 Å². The number of hydrogen-bond acceptors (Lipinski definition) is 6. The van der Waals surface area contributed by atoms with Crippen LogP contribution in [-0.4, -0.2) is 38.8 Å². The maximum Gasteiger partial charge on any atom is 0.223 e. The van der Waals surface area contributed by atoms with Crippen LogP contribution in [0.15, 0.2) is 24.9 Å². The molecule has 22 heavy (non-hydrogen) atoms. The van der Waals surface area contributed by atoms with Crippen LogP contribution >= 0.6 is 11.3 Å². The molecular weight excluding hydrogens is 298 g/mol. The van der Waals surface area contributed by atoms with Crippen LogP contribution in [0.25, 0.3) is 0 Å². The lowest BCUT2D eigenvalue weighted by atomic mass is 10.0. The van der Waals surface area contributed by atoms with E-state index in [1.54, 1.807) is 17.7 Å². The molecule has 0 saturated carbocycles. The Kier molecular flexibility index (Phi) is 4.74. The summed E-state index contributed by atoms with van der Waals surface area (Å²) in [5.74, 6) is 0.584. The molecule has 1 amide bonds. The van der Waals surface area contributed by atoms with Gasteiger partial charge in [-0.05, 0) is 30.9 Å². The van der Waals surface area contributed by atoms with E-state index in [2.05, 4.69) is 25.2 Å². The van der Waals surface area contributed by atoms with E-state index in [-0.39, 0.29) is 5.91 Å². The van der Waals surface area contributed by atoms with Gasteiger partial charge in [0.1, 0.15) is 6.33 Å². The minimum absolute atomic E-state index is 0.0767. The van der Waals surface area contributed by atoms with Gasteiger partial charge in [0.05, 0.1) is 0 Å². The standard InChI is InChI=1S/C15H19N5OS/c1-11(21)19-15-18-7-14(22-15)9-20-3-2-12(8-20)4-13-5-16-10-17-6-13/h5-7,10,12H,2-4,8-9H2,1H3,(H,18,19,21). The van der Waals surface area contributed by atoms with Crippen molar-refractivity contribution in [1.29, 1.82) is 0 Å². The summed E-state index contributed by atoms with van der Waals surface area (Å²) >= 11 is 1.55. The molecule has 1 aliphatic heterocycles. The number of thiazole rings is 1. The predicted molar refractivity (Wildman–Crippen MR) is 85.5 cm³/mol. The third-order valence-electron chi connectivity index (χ3n) is 3.72. The number of amides is 1. The highest BCUT2D eigenvalue weighted by Gasteiger charge is 2.23. The Morgan fingerprint density at radius 2 is 2.23 bits per heavy atom. The van der Waals surface area contributed by atoms with Gasteiger partial charge in [-0.2, -0.15) is 0 Å². The number of nitrogens with zero attached hydrogens (tertiary/aromatic N) is 4. The van der Waals surface area contributed by atoms with Gasteiger partial charge in [-0.25, -0.2) is 15.0 Å². The number of aromatic nitrogens is 3. The first-order valence-corrected chi connectivity index (χ1v) is 8.19. The zero-order valence-corrected chi connectivity index (χ0v) is 13.3. The van der Waals surface area contributed by atoms with Gasteiger partial charge in [-0.1, -0.05) is 0 Å². The molecule has 3 rings (SSSR count). The Bertz CT molecular complexity index is 630. The third-order valence-corrected chi connectivity index (χ3v) is 4.62. The number of nitrogens with one attached hydrogen (secondary N) is 1. The molecule has 6 nitrogen and oxygen atoms in total. The van der Waals surface area contributed by atoms with Crippen molar-refractivity contribution in [2.24, 2.45) is 5.92 Å². The average molecular weight is 317 g/mol. The second kappa shape index (κ2) is 6.93. The molecule has 1 atom stereocenters. The van der Waals surface area contributed by atoms with E-state index in [0.29, 0.717) is 11.0 Å². The topological polar surface area (TPSA) is 71.0 Å². The molecule has 1 aliphatic rings. The molecule has 1 unspecified atom stereocenters. The molecular formula is C15H19N5OS. The van der Waals surface area contributed by atoms with Crippen molar-refractivity contribution < 1.29 is 4.79 Å². The predicted octanol–water partition coefficient (Wildman–Crippen LogP) is 1.96. The number of hydrogen-bond donors (Lipinski definition) is 1. The highest BCUT2D eigenvalue weighted by Crippen LogP contribution is 2.25. The molecule has 0 radical (unpaired) electrons. The van der Waals surface area contributed by atoms with Gasteiger partial charge in [0.15, 0.2) is 5.13 Å². The molecule has 0 bridgehead atoms. The van der Waals surface area contributed by atoms with Gasteiger partial charge >= 0.3 is 0 Å². The molecule has 2 aromatic heterocycles. The fourth-order valence-electron chi connectivity index (χ4n) is 2.80. The Morgan fingerprint density at radius 1 is 1.41 bits per heavy atom. The van der Waals surface area contributed by atoms with Crippen LogP contribution in [0.1, 0.15) is 23.8 Å². The van der Waals surface area contributed by atoms with Gasteiger partial charge in [-0.3, -0.25) is 9.69 Å². The van der Waals surface area contributed by atoms with Crippen LogP contribution in [0, 0.1) is 5.92 Å². The van der Waals surface area contributed by atoms with Crippen molar-refractivity contribution in [3.8, 4) is 0 Å². The summed E-state index contributed by atoms with van der Waals surface area (Å²) in [5.41, 5.74) is 1.21.